The molecule has 6 heteroatoms. The molecule has 0 unspecified atom stereocenters. The zero-order chi connectivity index (χ0) is 22.0. The second-order valence-corrected chi connectivity index (χ2v) is 8.53. The molecule has 4 rings (SSSR count). The van der Waals surface area contributed by atoms with Gasteiger partial charge in [-0.2, -0.15) is 5.10 Å². The normalized spacial score (nSPS) is 11.5. The smallest absolute Gasteiger partial charge is 0.255 e. The lowest BCUT2D eigenvalue weighted by Crippen LogP contribution is -2.40. The monoisotopic (exact) mass is 413 g/mol. The van der Waals surface area contributed by atoms with Crippen LogP contribution in [0, 0.1) is 0 Å². The van der Waals surface area contributed by atoms with Gasteiger partial charge in [0, 0.05) is 41.1 Å². The molecule has 0 radical (unpaired) electrons. The number of amides is 1. The molecule has 6 nitrogen and oxygen atoms in total. The molecule has 0 aliphatic rings. The Hall–Kier alpha value is -3.67. The van der Waals surface area contributed by atoms with Gasteiger partial charge in [0.15, 0.2) is 0 Å². The van der Waals surface area contributed by atoms with E-state index >= 15 is 0 Å². The molecule has 0 aliphatic heterocycles. The molecule has 31 heavy (non-hydrogen) atoms. The van der Waals surface area contributed by atoms with Gasteiger partial charge in [0.1, 0.15) is 0 Å². The summed E-state index contributed by atoms with van der Waals surface area (Å²) in [6.45, 7) is 8.76. The second-order valence-electron chi connectivity index (χ2n) is 8.53. The van der Waals surface area contributed by atoms with E-state index in [1.807, 2.05) is 86.2 Å². The van der Waals surface area contributed by atoms with Crippen LogP contribution >= 0.6 is 0 Å². The molecule has 0 aliphatic carbocycles. The number of hydrogen-bond acceptors (Lipinski definition) is 4. The molecule has 0 atom stereocenters. The number of hydrogen-bond donors (Lipinski definition) is 2. The number of carbonyl (C=O) groups is 1. The minimum absolute atomic E-state index is 0.166. The third-order valence-electron chi connectivity index (χ3n) is 4.90. The van der Waals surface area contributed by atoms with Crippen molar-refractivity contribution in [1.29, 1.82) is 0 Å². The van der Waals surface area contributed by atoms with Crippen LogP contribution in [-0.4, -0.2) is 26.2 Å². The summed E-state index contributed by atoms with van der Waals surface area (Å²) in [5.41, 5.74) is 4.46. The number of rotatable bonds is 5. The summed E-state index contributed by atoms with van der Waals surface area (Å²) in [6, 6.07) is 17.9. The number of carbonyl (C=O) groups excluding carboxylic acids is 1. The number of aryl methyl sites for hydroxylation is 1. The van der Waals surface area contributed by atoms with Crippen LogP contribution in [0.15, 0.2) is 67.0 Å². The van der Waals surface area contributed by atoms with Crippen LogP contribution in [0.3, 0.4) is 0 Å². The van der Waals surface area contributed by atoms with Crippen LogP contribution in [0.5, 0.6) is 0 Å². The number of nitrogens with one attached hydrogen (secondary N) is 2. The Morgan fingerprint density at radius 1 is 1.06 bits per heavy atom. The molecule has 0 fully saturated rings. The second kappa shape index (κ2) is 8.22. The number of nitrogens with zero attached hydrogens (tertiary/aromatic N) is 3. The predicted octanol–water partition coefficient (Wildman–Crippen LogP) is 5.39. The van der Waals surface area contributed by atoms with Gasteiger partial charge in [-0.15, -0.1) is 0 Å². The molecule has 0 saturated carbocycles. The van der Waals surface area contributed by atoms with Crippen molar-refractivity contribution in [2.45, 2.75) is 39.8 Å². The van der Waals surface area contributed by atoms with Crippen molar-refractivity contribution >= 4 is 28.2 Å². The first-order valence-corrected chi connectivity index (χ1v) is 10.5. The molecule has 2 heterocycles. The topological polar surface area (TPSA) is 71.8 Å². The Bertz CT molecular complexity index is 1220. The van der Waals surface area contributed by atoms with Crippen LogP contribution in [0.4, 0.5) is 11.4 Å². The summed E-state index contributed by atoms with van der Waals surface area (Å²) in [5.74, 6) is -0.166. The highest BCUT2D eigenvalue weighted by atomic mass is 16.1. The lowest BCUT2D eigenvalue weighted by Gasteiger charge is -2.22. The maximum Gasteiger partial charge on any atom is 0.255 e. The lowest BCUT2D eigenvalue weighted by atomic mass is 10.0. The summed E-state index contributed by atoms with van der Waals surface area (Å²) in [5, 5.41) is 12.0. The van der Waals surface area contributed by atoms with E-state index in [-0.39, 0.29) is 11.4 Å². The fourth-order valence-corrected chi connectivity index (χ4v) is 3.42. The standard InChI is InChI=1S/C25H27N5O/c1-5-30-14-13-21(29-30)17-11-12-22-19(15-17)23(27-18-9-7-6-8-10-18)20(16-26-22)24(31)28-25(2,3)4/h6-16H,5H2,1-4H3,(H,26,27)(H,28,31). The SMILES string of the molecule is CCn1ccc(-c2ccc3ncc(C(=O)NC(C)(C)C)c(Nc4ccccc4)c3c2)n1. The molecule has 158 valence electrons. The van der Waals surface area contributed by atoms with E-state index in [1.165, 1.54) is 0 Å². The molecule has 0 saturated heterocycles. The number of pyridine rings is 1. The fourth-order valence-electron chi connectivity index (χ4n) is 3.42. The number of para-hydroxylation sites is 1. The van der Waals surface area contributed by atoms with Gasteiger partial charge < -0.3 is 10.6 Å². The highest BCUT2D eigenvalue weighted by Gasteiger charge is 2.21. The van der Waals surface area contributed by atoms with Crippen LogP contribution in [0.25, 0.3) is 22.2 Å². The van der Waals surface area contributed by atoms with Gasteiger partial charge in [0.05, 0.1) is 22.5 Å². The zero-order valence-corrected chi connectivity index (χ0v) is 18.3. The lowest BCUT2D eigenvalue weighted by molar-refractivity contribution is 0.0920. The average molecular weight is 414 g/mol. The van der Waals surface area contributed by atoms with E-state index in [4.69, 9.17) is 0 Å². The Morgan fingerprint density at radius 2 is 1.84 bits per heavy atom. The molecule has 0 spiro atoms. The Labute approximate surface area is 182 Å². The van der Waals surface area contributed by atoms with Crippen molar-refractivity contribution in [2.24, 2.45) is 0 Å². The Morgan fingerprint density at radius 3 is 2.52 bits per heavy atom. The molecule has 1 amide bonds. The maximum absolute atomic E-state index is 13.1. The number of fused-ring (bicyclic) bond motifs is 1. The van der Waals surface area contributed by atoms with E-state index < -0.39 is 0 Å². The van der Waals surface area contributed by atoms with Gasteiger partial charge in [0.25, 0.3) is 5.91 Å². The van der Waals surface area contributed by atoms with Crippen molar-refractivity contribution in [3.63, 3.8) is 0 Å². The van der Waals surface area contributed by atoms with E-state index in [0.717, 1.165) is 40.1 Å². The first-order valence-electron chi connectivity index (χ1n) is 10.5. The van der Waals surface area contributed by atoms with Crippen molar-refractivity contribution in [1.82, 2.24) is 20.1 Å². The summed E-state index contributed by atoms with van der Waals surface area (Å²) >= 11 is 0. The number of aromatic nitrogens is 3. The highest BCUT2D eigenvalue weighted by molar-refractivity contribution is 6.08. The molecule has 2 N–H and O–H groups in total. The van der Waals surface area contributed by atoms with Crippen molar-refractivity contribution in [3.05, 3.63) is 72.6 Å². The minimum atomic E-state index is -0.356. The van der Waals surface area contributed by atoms with E-state index in [0.29, 0.717) is 5.56 Å². The molecule has 2 aromatic heterocycles. The van der Waals surface area contributed by atoms with Crippen LogP contribution in [0.2, 0.25) is 0 Å². The van der Waals surface area contributed by atoms with Crippen LogP contribution in [0.1, 0.15) is 38.1 Å². The van der Waals surface area contributed by atoms with Crippen molar-refractivity contribution < 1.29 is 4.79 Å². The number of benzene rings is 2. The fraction of sp³-hybridized carbons (Fsp3) is 0.240. The molecular weight excluding hydrogens is 386 g/mol. The van der Waals surface area contributed by atoms with Crippen LogP contribution in [-0.2, 0) is 6.54 Å². The summed E-state index contributed by atoms with van der Waals surface area (Å²) in [6.07, 6.45) is 3.61. The summed E-state index contributed by atoms with van der Waals surface area (Å²) in [4.78, 5) is 17.7. The van der Waals surface area contributed by atoms with Gasteiger partial charge in [-0.3, -0.25) is 14.5 Å². The largest absolute Gasteiger partial charge is 0.354 e. The van der Waals surface area contributed by atoms with E-state index in [1.54, 1.807) is 6.20 Å². The molecular formula is C25H27N5O. The Balaban J connectivity index is 1.87. The van der Waals surface area contributed by atoms with Gasteiger partial charge in [-0.05, 0) is 58.0 Å². The van der Waals surface area contributed by atoms with Crippen molar-refractivity contribution in [3.8, 4) is 11.3 Å². The van der Waals surface area contributed by atoms with Crippen LogP contribution < -0.4 is 10.6 Å². The Kier molecular flexibility index (Phi) is 5.46. The van der Waals surface area contributed by atoms with Gasteiger partial charge in [-0.1, -0.05) is 24.3 Å². The van der Waals surface area contributed by atoms with Gasteiger partial charge >= 0.3 is 0 Å². The minimum Gasteiger partial charge on any atom is -0.354 e. The first kappa shape index (κ1) is 20.6. The summed E-state index contributed by atoms with van der Waals surface area (Å²) in [7, 11) is 0. The van der Waals surface area contributed by atoms with E-state index in [2.05, 4.69) is 27.6 Å². The number of anilines is 2. The van der Waals surface area contributed by atoms with Gasteiger partial charge in [0.2, 0.25) is 0 Å². The zero-order valence-electron chi connectivity index (χ0n) is 18.3. The van der Waals surface area contributed by atoms with E-state index in [9.17, 15) is 4.79 Å². The third kappa shape index (κ3) is 4.58. The molecule has 4 aromatic rings. The predicted molar refractivity (Wildman–Crippen MR) is 126 cm³/mol. The van der Waals surface area contributed by atoms with Crippen molar-refractivity contribution in [2.75, 3.05) is 5.32 Å². The quantitative estimate of drug-likeness (QED) is 0.460. The first-order chi connectivity index (χ1) is 14.8. The molecule has 0 bridgehead atoms. The third-order valence-corrected chi connectivity index (χ3v) is 4.90. The average Bonchev–Trinajstić information content (AvgIpc) is 3.22. The highest BCUT2D eigenvalue weighted by Crippen LogP contribution is 2.32. The molecule has 2 aromatic carbocycles. The maximum atomic E-state index is 13.1. The summed E-state index contributed by atoms with van der Waals surface area (Å²) < 4.78 is 1.90. The van der Waals surface area contributed by atoms with Gasteiger partial charge in [-0.25, -0.2) is 0 Å².